The number of imide groups is 2. The van der Waals surface area contributed by atoms with Gasteiger partial charge in [-0.25, -0.2) is 34.2 Å². The van der Waals surface area contributed by atoms with Crippen LogP contribution in [0.15, 0.2) is 119 Å². The fourth-order valence-electron chi connectivity index (χ4n) is 11.1. The number of fused-ring (bicyclic) bond motifs is 2. The van der Waals surface area contributed by atoms with Gasteiger partial charge in [0.05, 0.1) is 64.1 Å². The van der Waals surface area contributed by atoms with E-state index in [0.717, 1.165) is 40.7 Å². The number of amides is 6. The number of rotatable bonds is 28. The number of nitrogens with zero attached hydrogens (tertiary/aromatic N) is 6. The van der Waals surface area contributed by atoms with Gasteiger partial charge in [-0.1, -0.05) is 143 Å². The summed E-state index contributed by atoms with van der Waals surface area (Å²) in [4.78, 5) is 132. The fraction of sp³-hybridized carbons (Fsp3) is 0.414. The van der Waals surface area contributed by atoms with Gasteiger partial charge in [-0.15, -0.1) is 0 Å². The number of benzene rings is 5. The fourth-order valence-corrected chi connectivity index (χ4v) is 11.2. The molecule has 6 amide bonds. The number of esters is 1. The van der Waals surface area contributed by atoms with Gasteiger partial charge in [0.15, 0.2) is 23.3 Å². The zero-order valence-corrected chi connectivity index (χ0v) is 54.9. The van der Waals surface area contributed by atoms with Crippen molar-refractivity contribution in [1.29, 1.82) is 0 Å². The summed E-state index contributed by atoms with van der Waals surface area (Å²) in [6, 6.07) is 26.7. The Labute approximate surface area is 544 Å². The van der Waals surface area contributed by atoms with Crippen molar-refractivity contribution in [2.45, 2.75) is 162 Å². The smallest absolute Gasteiger partial charge is 0.418 e. The van der Waals surface area contributed by atoms with Crippen molar-refractivity contribution < 1.29 is 57.2 Å². The second-order valence-corrected chi connectivity index (χ2v) is 24.5. The number of anilines is 2. The number of methoxy groups -OCH3 is 1. The topological polar surface area (TPSA) is 266 Å². The van der Waals surface area contributed by atoms with Crippen molar-refractivity contribution in [2.75, 3.05) is 31.0 Å². The number of hydrogen-bond donors (Lipinski definition) is 2. The van der Waals surface area contributed by atoms with Gasteiger partial charge in [0.1, 0.15) is 23.1 Å². The number of unbranched alkanes of at least 4 members (excludes halogenated alkanes) is 11. The molecule has 5 aromatic carbocycles. The first-order valence-corrected chi connectivity index (χ1v) is 31.9. The molecule has 0 saturated carbocycles. The highest BCUT2D eigenvalue weighted by atomic mass is 35.5. The van der Waals surface area contributed by atoms with Gasteiger partial charge in [0.2, 0.25) is 0 Å². The molecule has 2 saturated heterocycles. The first-order valence-electron chi connectivity index (χ1n) is 31.5. The summed E-state index contributed by atoms with van der Waals surface area (Å²) in [7, 11) is 2.80. The van der Waals surface area contributed by atoms with Crippen molar-refractivity contribution in [2.24, 2.45) is 7.05 Å². The maximum atomic E-state index is 14.1. The number of nitrogens with one attached hydrogen (secondary N) is 2. The van der Waals surface area contributed by atoms with Crippen LogP contribution in [0, 0.1) is 13.8 Å². The van der Waals surface area contributed by atoms with Crippen LogP contribution in [0.3, 0.4) is 0 Å². The molecule has 4 heterocycles. The Morgan fingerprint density at radius 3 is 1.63 bits per heavy atom. The first-order chi connectivity index (χ1) is 44.5. The summed E-state index contributed by atoms with van der Waals surface area (Å²) < 4.78 is 30.0. The van der Waals surface area contributed by atoms with Gasteiger partial charge >= 0.3 is 18.2 Å². The van der Waals surface area contributed by atoms with Crippen LogP contribution in [-0.4, -0.2) is 102 Å². The Morgan fingerprint density at radius 1 is 0.581 bits per heavy atom. The van der Waals surface area contributed by atoms with Gasteiger partial charge in [-0.05, 0) is 121 Å². The van der Waals surface area contributed by atoms with Crippen LogP contribution >= 0.6 is 11.6 Å². The number of cyclic esters (lactones) is 2. The summed E-state index contributed by atoms with van der Waals surface area (Å²) in [6.45, 7) is 12.5. The largest absolute Gasteiger partial charge is 0.495 e. The van der Waals surface area contributed by atoms with Crippen LogP contribution < -0.4 is 31.2 Å². The second kappa shape index (κ2) is 31.3. The third kappa shape index (κ3) is 16.6. The third-order valence-corrected chi connectivity index (χ3v) is 16.5. The quantitative estimate of drug-likeness (QED) is 0.0262. The lowest BCUT2D eigenvalue weighted by Gasteiger charge is -2.26. The van der Waals surface area contributed by atoms with Crippen LogP contribution in [0.2, 0.25) is 5.02 Å². The molecular formula is C70H81ClN8O14. The molecule has 22 nitrogen and oxygen atoms in total. The summed E-state index contributed by atoms with van der Waals surface area (Å²) >= 11 is 6.30. The third-order valence-electron chi connectivity index (χ3n) is 16.1. The first kappa shape index (κ1) is 69.4. The van der Waals surface area contributed by atoms with Crippen molar-refractivity contribution in [3.8, 4) is 11.5 Å². The monoisotopic (exact) mass is 1290 g/mol. The molecule has 93 heavy (non-hydrogen) atoms. The summed E-state index contributed by atoms with van der Waals surface area (Å²) in [5.41, 5.74) is -0.786. The lowest BCUT2D eigenvalue weighted by atomic mass is 10.1. The number of carbonyl (C=O) groups excluding carboxylic acids is 7. The number of para-hydroxylation sites is 3. The molecule has 2 atom stereocenters. The molecule has 2 N–H and O–H groups in total. The number of ether oxygens (including phenoxy) is 5. The Kier molecular flexibility index (Phi) is 23.3. The van der Waals surface area contributed by atoms with E-state index in [-0.39, 0.29) is 64.6 Å². The molecule has 492 valence electrons. The number of aryl methyl sites for hydroxylation is 2. The highest BCUT2D eigenvalue weighted by molar-refractivity contribution is 6.33. The van der Waals surface area contributed by atoms with E-state index in [1.807, 2.05) is 32.0 Å². The van der Waals surface area contributed by atoms with Crippen molar-refractivity contribution in [1.82, 2.24) is 28.9 Å². The zero-order valence-electron chi connectivity index (χ0n) is 54.1. The second-order valence-electron chi connectivity index (χ2n) is 24.1. The minimum atomic E-state index is -1.70. The lowest BCUT2D eigenvalue weighted by Crippen LogP contribution is -2.46. The number of halogens is 1. The Bertz CT molecular complexity index is 4050. The van der Waals surface area contributed by atoms with Gasteiger partial charge in [-0.2, -0.15) is 0 Å². The molecule has 0 radical (unpaired) electrons. The summed E-state index contributed by atoms with van der Waals surface area (Å²) in [5.74, 6) is -3.10. The molecule has 0 bridgehead atoms. The molecule has 0 aliphatic carbocycles. The molecule has 9 rings (SSSR count). The lowest BCUT2D eigenvalue weighted by molar-refractivity contribution is -0.139. The predicted molar refractivity (Wildman–Crippen MR) is 352 cm³/mol. The SMILES string of the molecule is CCCCCCCCCCCCCCOC(=O)c1ccc(OC)c(NC(=O)C(c2nc3ccccc3c(=O)n2C)N2C(=O)OC(C)(C)C2=O)c1.Cc1ccc(OCCCn2c(C(C(=O)Nc3ccccc3Cl)N3C(=O)OC(C)(C)C3=O)nc3ccccc3c2=O)c(C)c1. The van der Waals surface area contributed by atoms with E-state index in [0.29, 0.717) is 32.5 Å². The van der Waals surface area contributed by atoms with Gasteiger partial charge < -0.3 is 34.3 Å². The summed E-state index contributed by atoms with van der Waals surface area (Å²) in [5, 5.41) is 6.25. The molecule has 23 heteroatoms. The van der Waals surface area contributed by atoms with E-state index in [4.69, 9.17) is 35.3 Å². The Morgan fingerprint density at radius 2 is 1.09 bits per heavy atom. The maximum absolute atomic E-state index is 14.1. The van der Waals surface area contributed by atoms with Crippen LogP contribution in [0.1, 0.15) is 163 Å². The average Bonchev–Trinajstić information content (AvgIpc) is 1.72. The van der Waals surface area contributed by atoms with Crippen molar-refractivity contribution in [3.05, 3.63) is 163 Å². The normalized spacial score (nSPS) is 14.7. The molecule has 2 aliphatic rings. The molecule has 2 aliphatic heterocycles. The Balaban J connectivity index is 0.000000241. The maximum Gasteiger partial charge on any atom is 0.418 e. The number of hydrogen-bond acceptors (Lipinski definition) is 16. The van der Waals surface area contributed by atoms with E-state index < -0.39 is 76.2 Å². The molecule has 2 fully saturated rings. The zero-order chi connectivity index (χ0) is 67.1. The molecular weight excluding hydrogens is 1210 g/mol. The van der Waals surface area contributed by atoms with E-state index in [1.54, 1.807) is 72.8 Å². The van der Waals surface area contributed by atoms with Crippen molar-refractivity contribution in [3.63, 3.8) is 0 Å². The van der Waals surface area contributed by atoms with E-state index in [2.05, 4.69) is 27.5 Å². The van der Waals surface area contributed by atoms with Gasteiger partial charge in [0.25, 0.3) is 34.7 Å². The summed E-state index contributed by atoms with van der Waals surface area (Å²) in [6.07, 6.45) is 12.6. The van der Waals surface area contributed by atoms with E-state index >= 15 is 0 Å². The van der Waals surface area contributed by atoms with Crippen molar-refractivity contribution >= 4 is 86.6 Å². The molecule has 2 unspecified atom stereocenters. The van der Waals surface area contributed by atoms with Gasteiger partial charge in [-0.3, -0.25) is 37.9 Å². The highest BCUT2D eigenvalue weighted by Gasteiger charge is 2.55. The molecule has 2 aromatic heterocycles. The average molecular weight is 1290 g/mol. The minimum absolute atomic E-state index is 0.0902. The minimum Gasteiger partial charge on any atom is -0.495 e. The number of aromatic nitrogens is 4. The van der Waals surface area contributed by atoms with Crippen LogP contribution in [0.5, 0.6) is 11.5 Å². The van der Waals surface area contributed by atoms with Crippen LogP contribution in [0.4, 0.5) is 21.0 Å². The molecule has 7 aromatic rings. The van der Waals surface area contributed by atoms with Gasteiger partial charge in [0, 0.05) is 13.6 Å². The number of carbonyl (C=O) groups is 7. The molecule has 0 spiro atoms. The standard InChI is InChI=1S/C38H50N4O8.C32H31ClN4O6/c1-6-7-8-9-10-11-12-13-14-15-16-19-24-49-35(45)26-22-23-30(48-5)29(25-26)40-33(43)31(42-36(46)38(2,3)50-37(42)47)32-39-28-21-18-17-20-27(28)34(44)41(32)4;1-19-14-15-25(20(2)18-19)42-17-9-16-36-27(34-23-12-7-5-10-21(23)29(36)39)26(37-30(40)32(3,4)43-31(37)41)28(38)35-24-13-8-6-11-22(24)33/h17-18,20-23,25,31H,6-16,19,24H2,1-5H3,(H,40,43);5-8,10-15,18,26H,9,16-17H2,1-4H3,(H,35,38). The Hall–Kier alpha value is -9.44. The highest BCUT2D eigenvalue weighted by Crippen LogP contribution is 2.36. The van der Waals surface area contributed by atoms with Crippen LogP contribution in [-0.2, 0) is 47.0 Å². The van der Waals surface area contributed by atoms with Crippen LogP contribution in [0.25, 0.3) is 21.8 Å². The van der Waals surface area contributed by atoms with E-state index in [9.17, 15) is 43.2 Å². The van der Waals surface area contributed by atoms with E-state index in [1.165, 1.54) is 122 Å². The predicted octanol–water partition coefficient (Wildman–Crippen LogP) is 12.8.